The van der Waals surface area contributed by atoms with Gasteiger partial charge < -0.3 is 4.74 Å². The van der Waals surface area contributed by atoms with Crippen LogP contribution in [0, 0.1) is 27.2 Å². The Labute approximate surface area is 240 Å². The SMILES string of the molecule is Cc1c(Cl)cccc1N1C(=O)NC(=O)/C(=C\c2cc(Br)c(Oc3ccc([N+](=O)[O-])cc3[N+](=O)[O-])c(Br)c2)C1=O. The Bertz CT molecular complexity index is 1620. The predicted octanol–water partition coefficient (Wildman–Crippen LogP) is 6.45. The molecule has 1 N–H and O–H groups in total. The maximum absolute atomic E-state index is 13.2. The zero-order chi connectivity index (χ0) is 28.6. The fraction of sp³-hybridized carbons (Fsp3) is 0.0417. The van der Waals surface area contributed by atoms with Gasteiger partial charge in [-0.05, 0) is 86.3 Å². The predicted molar refractivity (Wildman–Crippen MR) is 147 cm³/mol. The van der Waals surface area contributed by atoms with Crippen LogP contribution in [0.1, 0.15) is 11.1 Å². The van der Waals surface area contributed by atoms with E-state index in [9.17, 15) is 34.6 Å². The third-order valence-electron chi connectivity index (χ3n) is 5.48. The Kier molecular flexibility index (Phi) is 7.81. The highest BCUT2D eigenvalue weighted by Gasteiger charge is 2.37. The van der Waals surface area contributed by atoms with Gasteiger partial charge in [0.15, 0.2) is 5.75 Å². The Balaban J connectivity index is 1.70. The number of amides is 4. The molecule has 0 atom stereocenters. The van der Waals surface area contributed by atoms with Gasteiger partial charge in [0, 0.05) is 11.1 Å². The minimum atomic E-state index is -0.927. The maximum atomic E-state index is 13.2. The number of carbonyl (C=O) groups is 3. The van der Waals surface area contributed by atoms with Gasteiger partial charge in [-0.3, -0.25) is 35.1 Å². The Morgan fingerprint density at radius 1 is 1.00 bits per heavy atom. The van der Waals surface area contributed by atoms with E-state index in [-0.39, 0.29) is 31.7 Å². The third-order valence-corrected chi connectivity index (χ3v) is 7.06. The van der Waals surface area contributed by atoms with Crippen molar-refractivity contribution in [1.82, 2.24) is 5.32 Å². The van der Waals surface area contributed by atoms with Gasteiger partial charge in [-0.15, -0.1) is 0 Å². The second-order valence-electron chi connectivity index (χ2n) is 7.92. The van der Waals surface area contributed by atoms with Crippen LogP contribution in [0.5, 0.6) is 11.5 Å². The highest BCUT2D eigenvalue weighted by molar-refractivity contribution is 9.11. The van der Waals surface area contributed by atoms with Crippen molar-refractivity contribution in [2.75, 3.05) is 4.90 Å². The fourth-order valence-corrected chi connectivity index (χ4v) is 5.15. The van der Waals surface area contributed by atoms with E-state index < -0.39 is 39.1 Å². The number of imide groups is 2. The number of nitrogens with one attached hydrogen (secondary N) is 1. The van der Waals surface area contributed by atoms with Gasteiger partial charge in [-0.1, -0.05) is 17.7 Å². The lowest BCUT2D eigenvalue weighted by atomic mass is 10.1. The molecule has 0 spiro atoms. The number of halogens is 3. The average Bonchev–Trinajstić information content (AvgIpc) is 2.86. The van der Waals surface area contributed by atoms with E-state index in [2.05, 4.69) is 37.2 Å². The molecule has 198 valence electrons. The lowest BCUT2D eigenvalue weighted by molar-refractivity contribution is -0.394. The van der Waals surface area contributed by atoms with Gasteiger partial charge in [-0.25, -0.2) is 9.69 Å². The summed E-state index contributed by atoms with van der Waals surface area (Å²) in [7, 11) is 0. The van der Waals surface area contributed by atoms with Gasteiger partial charge in [0.1, 0.15) is 5.57 Å². The summed E-state index contributed by atoms with van der Waals surface area (Å²) in [5.41, 5.74) is -0.449. The summed E-state index contributed by atoms with van der Waals surface area (Å²) in [6, 6.07) is 9.62. The van der Waals surface area contributed by atoms with E-state index in [1.165, 1.54) is 24.3 Å². The molecule has 4 amide bonds. The molecule has 1 heterocycles. The fourth-order valence-electron chi connectivity index (χ4n) is 3.60. The summed E-state index contributed by atoms with van der Waals surface area (Å²) in [6.45, 7) is 1.63. The number of nitrogens with zero attached hydrogens (tertiary/aromatic N) is 3. The zero-order valence-corrected chi connectivity index (χ0v) is 23.4. The maximum Gasteiger partial charge on any atom is 0.335 e. The quantitative estimate of drug-likeness (QED) is 0.134. The van der Waals surface area contributed by atoms with Crippen molar-refractivity contribution in [2.45, 2.75) is 6.92 Å². The lowest BCUT2D eigenvalue weighted by Crippen LogP contribution is -2.54. The number of anilines is 1. The third kappa shape index (κ3) is 5.53. The Hall–Kier alpha value is -4.14. The van der Waals surface area contributed by atoms with E-state index in [1.54, 1.807) is 19.1 Å². The molecule has 3 aromatic rings. The number of nitro groups is 2. The van der Waals surface area contributed by atoms with Crippen LogP contribution in [0.15, 0.2) is 63.0 Å². The van der Waals surface area contributed by atoms with Crippen molar-refractivity contribution >= 4 is 84.4 Å². The molecule has 0 radical (unpaired) electrons. The van der Waals surface area contributed by atoms with Crippen molar-refractivity contribution in [1.29, 1.82) is 0 Å². The number of carbonyl (C=O) groups excluding carboxylic acids is 3. The van der Waals surface area contributed by atoms with Crippen LogP contribution in [0.3, 0.4) is 0 Å². The van der Waals surface area contributed by atoms with Gasteiger partial charge >= 0.3 is 11.7 Å². The topological polar surface area (TPSA) is 162 Å². The highest BCUT2D eigenvalue weighted by Crippen LogP contribution is 2.42. The molecule has 1 aliphatic rings. The van der Waals surface area contributed by atoms with Gasteiger partial charge in [-0.2, -0.15) is 0 Å². The molecule has 1 fully saturated rings. The summed E-state index contributed by atoms with van der Waals surface area (Å²) < 4.78 is 6.20. The summed E-state index contributed by atoms with van der Waals surface area (Å²) in [5.74, 6) is -1.95. The Morgan fingerprint density at radius 3 is 2.28 bits per heavy atom. The van der Waals surface area contributed by atoms with Crippen LogP contribution >= 0.6 is 43.5 Å². The van der Waals surface area contributed by atoms with E-state index >= 15 is 0 Å². The summed E-state index contributed by atoms with van der Waals surface area (Å²) in [5, 5.41) is 24.9. The largest absolute Gasteiger partial charge is 0.448 e. The highest BCUT2D eigenvalue weighted by atomic mass is 79.9. The average molecular weight is 681 g/mol. The van der Waals surface area contributed by atoms with E-state index in [1.807, 2.05) is 0 Å². The normalized spacial score (nSPS) is 14.4. The molecular weight excluding hydrogens is 668 g/mol. The van der Waals surface area contributed by atoms with Crippen molar-refractivity contribution in [3.63, 3.8) is 0 Å². The Morgan fingerprint density at radius 2 is 1.67 bits per heavy atom. The standard InChI is InChI=1S/C24H13Br2ClN4O8/c1-11-17(27)3-2-4-18(11)29-23(33)14(22(32)28-24(29)34)7-12-8-15(25)21(16(26)9-12)39-20-6-5-13(30(35)36)10-19(20)31(37)38/h2-10H,1H3,(H,28,32,34)/b14-7+. The molecule has 15 heteroatoms. The first kappa shape index (κ1) is 27.9. The number of rotatable bonds is 6. The number of non-ortho nitro benzene ring substituents is 1. The monoisotopic (exact) mass is 678 g/mol. The number of hydrogen-bond acceptors (Lipinski definition) is 8. The van der Waals surface area contributed by atoms with Crippen molar-refractivity contribution in [2.24, 2.45) is 0 Å². The second kappa shape index (κ2) is 10.9. The molecule has 12 nitrogen and oxygen atoms in total. The zero-order valence-electron chi connectivity index (χ0n) is 19.4. The van der Waals surface area contributed by atoms with Crippen LogP contribution in [-0.4, -0.2) is 27.7 Å². The van der Waals surface area contributed by atoms with E-state index in [0.717, 1.165) is 23.1 Å². The summed E-state index contributed by atoms with van der Waals surface area (Å²) in [6.07, 6.45) is 1.25. The van der Waals surface area contributed by atoms with Gasteiger partial charge in [0.2, 0.25) is 5.75 Å². The molecule has 1 saturated heterocycles. The number of urea groups is 1. The molecule has 3 aromatic carbocycles. The number of nitro benzene ring substituents is 2. The molecule has 4 rings (SSSR count). The van der Waals surface area contributed by atoms with Crippen LogP contribution in [-0.2, 0) is 9.59 Å². The number of ether oxygens (including phenoxy) is 1. The smallest absolute Gasteiger partial charge is 0.335 e. The van der Waals surface area contributed by atoms with Crippen molar-refractivity contribution in [3.05, 3.63) is 99.4 Å². The lowest BCUT2D eigenvalue weighted by Gasteiger charge is -2.27. The van der Waals surface area contributed by atoms with Gasteiger partial charge in [0.05, 0.1) is 30.5 Å². The minimum absolute atomic E-state index is 0.0832. The summed E-state index contributed by atoms with van der Waals surface area (Å²) in [4.78, 5) is 60.0. The summed E-state index contributed by atoms with van der Waals surface area (Å²) >= 11 is 12.7. The molecular formula is C24H13Br2ClN4O8. The number of hydrogen-bond donors (Lipinski definition) is 1. The first-order valence-electron chi connectivity index (χ1n) is 10.6. The molecule has 1 aliphatic heterocycles. The molecule has 0 unspecified atom stereocenters. The van der Waals surface area contributed by atoms with Gasteiger partial charge in [0.25, 0.3) is 17.5 Å². The van der Waals surface area contributed by atoms with Crippen molar-refractivity contribution in [3.8, 4) is 11.5 Å². The number of benzene rings is 3. The first-order valence-corrected chi connectivity index (χ1v) is 12.6. The molecule has 0 saturated carbocycles. The van der Waals surface area contributed by atoms with Crippen LogP contribution in [0.4, 0.5) is 21.9 Å². The van der Waals surface area contributed by atoms with Crippen LogP contribution in [0.25, 0.3) is 6.08 Å². The molecule has 0 aromatic heterocycles. The minimum Gasteiger partial charge on any atom is -0.448 e. The molecule has 39 heavy (non-hydrogen) atoms. The number of barbiturate groups is 1. The first-order chi connectivity index (χ1) is 18.4. The van der Waals surface area contributed by atoms with E-state index in [4.69, 9.17) is 16.3 Å². The molecule has 0 aliphatic carbocycles. The molecule has 0 bridgehead atoms. The second-order valence-corrected chi connectivity index (χ2v) is 10.0. The van der Waals surface area contributed by atoms with Crippen molar-refractivity contribution < 1.29 is 29.0 Å². The van der Waals surface area contributed by atoms with E-state index in [0.29, 0.717) is 16.1 Å². The van der Waals surface area contributed by atoms with Crippen LogP contribution < -0.4 is 15.0 Å². The van der Waals surface area contributed by atoms with Crippen LogP contribution in [0.2, 0.25) is 5.02 Å².